The van der Waals surface area contributed by atoms with Crippen LogP contribution in [0.5, 0.6) is 0 Å². The molecule has 0 saturated heterocycles. The average Bonchev–Trinajstić information content (AvgIpc) is 3.16. The third-order valence-corrected chi connectivity index (χ3v) is 4.83. The van der Waals surface area contributed by atoms with Crippen molar-refractivity contribution in [3.63, 3.8) is 0 Å². The van der Waals surface area contributed by atoms with E-state index in [2.05, 4.69) is 19.2 Å². The van der Waals surface area contributed by atoms with Gasteiger partial charge in [-0.3, -0.25) is 9.59 Å². The third-order valence-electron chi connectivity index (χ3n) is 3.96. The number of carbonyl (C=O) groups is 2. The first-order valence-electron chi connectivity index (χ1n) is 7.41. The van der Waals surface area contributed by atoms with Gasteiger partial charge in [-0.05, 0) is 28.5 Å². The summed E-state index contributed by atoms with van der Waals surface area (Å²) in [7, 11) is 0. The lowest BCUT2D eigenvalue weighted by Gasteiger charge is -2.15. The highest BCUT2D eigenvalue weighted by Crippen LogP contribution is 2.33. The number of thiophene rings is 1. The molecule has 1 aliphatic heterocycles. The van der Waals surface area contributed by atoms with Crippen LogP contribution in [0.4, 0.5) is 0 Å². The summed E-state index contributed by atoms with van der Waals surface area (Å²) in [6, 6.07) is 10.6. The minimum atomic E-state index is -0.613. The molecular formula is C18H17NO3S. The van der Waals surface area contributed by atoms with E-state index in [0.29, 0.717) is 10.8 Å². The van der Waals surface area contributed by atoms with Gasteiger partial charge in [0.25, 0.3) is 5.91 Å². The Bertz CT molecular complexity index is 773. The van der Waals surface area contributed by atoms with Gasteiger partial charge >= 0.3 is 0 Å². The molecule has 0 saturated carbocycles. The van der Waals surface area contributed by atoms with Crippen molar-refractivity contribution in [2.45, 2.75) is 25.8 Å². The summed E-state index contributed by atoms with van der Waals surface area (Å²) in [6.45, 7) is 4.20. The van der Waals surface area contributed by atoms with Gasteiger partial charge < -0.3 is 10.4 Å². The fourth-order valence-electron chi connectivity index (χ4n) is 2.63. The molecule has 118 valence electrons. The predicted octanol–water partition coefficient (Wildman–Crippen LogP) is 3.74. The monoisotopic (exact) mass is 327 g/mol. The number of Topliss-reactive ketones (excluding diaryl/α,β-unsaturated/α-hetero) is 1. The zero-order chi connectivity index (χ0) is 16.6. The lowest BCUT2D eigenvalue weighted by Crippen LogP contribution is -2.23. The SMILES string of the molecule is CC(C)c1ccc([C@H]2NC(=O)C(O)=C2C(=O)c2cccs2)cc1. The zero-order valence-electron chi connectivity index (χ0n) is 12.9. The van der Waals surface area contributed by atoms with E-state index >= 15 is 0 Å². The standard InChI is InChI=1S/C18H17NO3S/c1-10(2)11-5-7-12(8-6-11)15-14(17(21)18(22)19-15)16(20)13-4-3-9-23-13/h3-10,15,21H,1-2H3,(H,19,22)/t15-/m1/s1. The second-order valence-electron chi connectivity index (χ2n) is 5.80. The van der Waals surface area contributed by atoms with Crippen molar-refractivity contribution >= 4 is 23.0 Å². The van der Waals surface area contributed by atoms with Gasteiger partial charge in [0, 0.05) is 0 Å². The number of aliphatic hydroxyl groups excluding tert-OH is 1. The fourth-order valence-corrected chi connectivity index (χ4v) is 3.31. The molecule has 0 radical (unpaired) electrons. The van der Waals surface area contributed by atoms with Crippen LogP contribution in [-0.4, -0.2) is 16.8 Å². The van der Waals surface area contributed by atoms with E-state index in [-0.39, 0.29) is 11.4 Å². The lowest BCUT2D eigenvalue weighted by atomic mass is 9.94. The predicted molar refractivity (Wildman–Crippen MR) is 89.7 cm³/mol. The normalized spacial score (nSPS) is 17.7. The van der Waals surface area contributed by atoms with Crippen LogP contribution in [0.15, 0.2) is 53.1 Å². The van der Waals surface area contributed by atoms with E-state index in [0.717, 1.165) is 5.56 Å². The summed E-state index contributed by atoms with van der Waals surface area (Å²) in [5.41, 5.74) is 2.08. The molecule has 0 aliphatic carbocycles. The minimum Gasteiger partial charge on any atom is -0.503 e. The van der Waals surface area contributed by atoms with Crippen molar-refractivity contribution in [3.05, 3.63) is 69.1 Å². The molecule has 4 nitrogen and oxygen atoms in total. The van der Waals surface area contributed by atoms with Gasteiger partial charge in [0.05, 0.1) is 16.5 Å². The van der Waals surface area contributed by atoms with Crippen molar-refractivity contribution in [3.8, 4) is 0 Å². The highest BCUT2D eigenvalue weighted by atomic mass is 32.1. The number of hydrogen-bond donors (Lipinski definition) is 2. The molecule has 1 amide bonds. The third kappa shape index (κ3) is 2.80. The van der Waals surface area contributed by atoms with Crippen LogP contribution < -0.4 is 5.32 Å². The quantitative estimate of drug-likeness (QED) is 0.841. The molecule has 0 bridgehead atoms. The van der Waals surface area contributed by atoms with Gasteiger partial charge in [-0.2, -0.15) is 0 Å². The van der Waals surface area contributed by atoms with E-state index in [1.54, 1.807) is 17.5 Å². The molecule has 2 heterocycles. The second-order valence-corrected chi connectivity index (χ2v) is 6.74. The van der Waals surface area contributed by atoms with Gasteiger partial charge in [0.1, 0.15) is 0 Å². The van der Waals surface area contributed by atoms with Gasteiger partial charge in [0.15, 0.2) is 5.76 Å². The molecule has 0 unspecified atom stereocenters. The van der Waals surface area contributed by atoms with Crippen LogP contribution in [0.1, 0.15) is 46.6 Å². The zero-order valence-corrected chi connectivity index (χ0v) is 13.7. The lowest BCUT2D eigenvalue weighted by molar-refractivity contribution is -0.119. The number of amides is 1. The Morgan fingerprint density at radius 2 is 1.91 bits per heavy atom. The number of hydrogen-bond acceptors (Lipinski definition) is 4. The van der Waals surface area contributed by atoms with Crippen LogP contribution in [0.25, 0.3) is 0 Å². The highest BCUT2D eigenvalue weighted by Gasteiger charge is 2.37. The van der Waals surface area contributed by atoms with E-state index in [1.807, 2.05) is 24.3 Å². The number of rotatable bonds is 4. The number of aliphatic hydroxyl groups is 1. The Balaban J connectivity index is 1.98. The van der Waals surface area contributed by atoms with Crippen LogP contribution >= 0.6 is 11.3 Å². The molecule has 0 fully saturated rings. The minimum absolute atomic E-state index is 0.120. The summed E-state index contributed by atoms with van der Waals surface area (Å²) < 4.78 is 0. The first kappa shape index (κ1) is 15.5. The van der Waals surface area contributed by atoms with Gasteiger partial charge in [-0.25, -0.2) is 0 Å². The maximum Gasteiger partial charge on any atom is 0.287 e. The molecule has 2 aromatic rings. The fraction of sp³-hybridized carbons (Fsp3) is 0.222. The topological polar surface area (TPSA) is 66.4 Å². The Labute approximate surface area is 138 Å². The summed E-state index contributed by atoms with van der Waals surface area (Å²) in [4.78, 5) is 25.0. The van der Waals surface area contributed by atoms with Gasteiger partial charge in [-0.15, -0.1) is 11.3 Å². The smallest absolute Gasteiger partial charge is 0.287 e. The summed E-state index contributed by atoms with van der Waals surface area (Å²) in [5, 5.41) is 14.5. The Hall–Kier alpha value is -2.40. The van der Waals surface area contributed by atoms with Crippen LogP contribution in [0, 0.1) is 0 Å². The first-order valence-corrected chi connectivity index (χ1v) is 8.29. The molecule has 0 spiro atoms. The van der Waals surface area contributed by atoms with Crippen molar-refractivity contribution < 1.29 is 14.7 Å². The van der Waals surface area contributed by atoms with Gasteiger partial charge in [-0.1, -0.05) is 44.2 Å². The number of carbonyl (C=O) groups excluding carboxylic acids is 2. The molecule has 2 N–H and O–H groups in total. The molecule has 1 aromatic carbocycles. The Morgan fingerprint density at radius 3 is 2.48 bits per heavy atom. The van der Waals surface area contributed by atoms with Crippen molar-refractivity contribution in [2.75, 3.05) is 0 Å². The van der Waals surface area contributed by atoms with E-state index in [1.165, 1.54) is 16.9 Å². The summed E-state index contributed by atoms with van der Waals surface area (Å²) >= 11 is 1.29. The number of nitrogens with one attached hydrogen (secondary N) is 1. The summed E-state index contributed by atoms with van der Waals surface area (Å²) in [5.74, 6) is -1.00. The molecule has 5 heteroatoms. The molecular weight excluding hydrogens is 310 g/mol. The van der Waals surface area contributed by atoms with Crippen LogP contribution in [0.3, 0.4) is 0 Å². The van der Waals surface area contributed by atoms with E-state index in [4.69, 9.17) is 0 Å². The Morgan fingerprint density at radius 1 is 1.22 bits per heavy atom. The van der Waals surface area contributed by atoms with Gasteiger partial charge in [0.2, 0.25) is 5.78 Å². The van der Waals surface area contributed by atoms with Crippen LogP contribution in [0.2, 0.25) is 0 Å². The maximum atomic E-state index is 12.6. The molecule has 1 aliphatic rings. The molecule has 1 atom stereocenters. The van der Waals surface area contributed by atoms with Crippen molar-refractivity contribution in [1.82, 2.24) is 5.32 Å². The molecule has 3 rings (SSSR count). The average molecular weight is 327 g/mol. The van der Waals surface area contributed by atoms with E-state index < -0.39 is 17.7 Å². The highest BCUT2D eigenvalue weighted by molar-refractivity contribution is 7.12. The number of benzene rings is 1. The van der Waals surface area contributed by atoms with Crippen LogP contribution in [-0.2, 0) is 4.79 Å². The van der Waals surface area contributed by atoms with Crippen molar-refractivity contribution in [2.24, 2.45) is 0 Å². The largest absolute Gasteiger partial charge is 0.503 e. The molecule has 23 heavy (non-hydrogen) atoms. The Kier molecular flexibility index (Phi) is 4.05. The summed E-state index contributed by atoms with van der Waals surface area (Å²) in [6.07, 6.45) is 0. The molecule has 1 aromatic heterocycles. The number of ketones is 1. The first-order chi connectivity index (χ1) is 11.0. The van der Waals surface area contributed by atoms with E-state index in [9.17, 15) is 14.7 Å². The maximum absolute atomic E-state index is 12.6. The van der Waals surface area contributed by atoms with Crippen molar-refractivity contribution in [1.29, 1.82) is 0 Å². The second kappa shape index (κ2) is 6.01.